The molecule has 0 saturated heterocycles. The summed E-state index contributed by atoms with van der Waals surface area (Å²) in [5, 5.41) is 6.97. The van der Waals surface area contributed by atoms with Crippen LogP contribution >= 0.6 is 0 Å². The van der Waals surface area contributed by atoms with E-state index in [4.69, 9.17) is 0 Å². The molecule has 3 N–H and O–H groups in total. The molecule has 0 aromatic rings. The SMILES string of the molecule is CCCCNC(=O)CCCS(=O)(=O)CC(=O)CCCCCCCCCCCCCCCC1=NNNC1. The molecule has 1 aliphatic rings. The summed E-state index contributed by atoms with van der Waals surface area (Å²) in [5.41, 5.74) is 7.03. The van der Waals surface area contributed by atoms with Crippen molar-refractivity contribution in [3.05, 3.63) is 0 Å². The second-order valence-electron chi connectivity index (χ2n) is 10.2. The topological polar surface area (TPSA) is 117 Å². The summed E-state index contributed by atoms with van der Waals surface area (Å²) >= 11 is 0. The Hall–Kier alpha value is -1.48. The van der Waals surface area contributed by atoms with Gasteiger partial charge in [0.25, 0.3) is 0 Å². The van der Waals surface area contributed by atoms with E-state index in [0.717, 1.165) is 45.1 Å². The molecule has 0 saturated carbocycles. The van der Waals surface area contributed by atoms with Crippen LogP contribution in [0.4, 0.5) is 0 Å². The standard InChI is InChI=1S/C27H52N4O4S/c1-2-3-21-28-27(33)20-17-22-36(34,35)24-26(32)19-16-14-12-10-8-6-4-5-7-9-11-13-15-18-25-23-29-31-30-25/h29,31H,2-24H2,1H3,(H,28,33). The lowest BCUT2D eigenvalue weighted by Crippen LogP contribution is -2.25. The van der Waals surface area contributed by atoms with Crippen molar-refractivity contribution in [2.75, 3.05) is 24.6 Å². The number of nitrogens with one attached hydrogen (secondary N) is 3. The van der Waals surface area contributed by atoms with Crippen LogP contribution in [0.3, 0.4) is 0 Å². The van der Waals surface area contributed by atoms with E-state index >= 15 is 0 Å². The molecule has 36 heavy (non-hydrogen) atoms. The minimum atomic E-state index is -3.41. The number of unbranched alkanes of at least 4 members (excludes halogenated alkanes) is 13. The molecule has 0 spiro atoms. The largest absolute Gasteiger partial charge is 0.356 e. The molecule has 0 aromatic heterocycles. The summed E-state index contributed by atoms with van der Waals surface area (Å²) in [6.45, 7) is 3.56. The van der Waals surface area contributed by atoms with Crippen LogP contribution in [0.2, 0.25) is 0 Å². The first-order valence-corrected chi connectivity index (χ1v) is 16.3. The van der Waals surface area contributed by atoms with Crippen molar-refractivity contribution in [3.63, 3.8) is 0 Å². The fourth-order valence-electron chi connectivity index (χ4n) is 4.37. The molecule has 0 aliphatic carbocycles. The van der Waals surface area contributed by atoms with Gasteiger partial charge in [0.1, 0.15) is 11.5 Å². The lowest BCUT2D eigenvalue weighted by Gasteiger charge is -2.06. The summed E-state index contributed by atoms with van der Waals surface area (Å²) in [7, 11) is -3.41. The van der Waals surface area contributed by atoms with Crippen molar-refractivity contribution in [2.24, 2.45) is 5.10 Å². The van der Waals surface area contributed by atoms with Gasteiger partial charge in [-0.1, -0.05) is 84.0 Å². The molecule has 0 fully saturated rings. The average Bonchev–Trinajstić information content (AvgIpc) is 3.35. The average molecular weight is 529 g/mol. The fourth-order valence-corrected chi connectivity index (χ4v) is 5.74. The molecule has 9 heteroatoms. The highest BCUT2D eigenvalue weighted by atomic mass is 32.2. The van der Waals surface area contributed by atoms with E-state index in [1.165, 1.54) is 69.9 Å². The Balaban J connectivity index is 1.85. The van der Waals surface area contributed by atoms with Crippen LogP contribution in [-0.4, -0.2) is 50.4 Å². The Morgan fingerprint density at radius 2 is 1.39 bits per heavy atom. The third-order valence-corrected chi connectivity index (χ3v) is 8.27. The van der Waals surface area contributed by atoms with Crippen LogP contribution in [0.1, 0.15) is 129 Å². The number of ketones is 1. The van der Waals surface area contributed by atoms with Gasteiger partial charge in [-0.15, -0.1) is 0 Å². The van der Waals surface area contributed by atoms with E-state index in [0.29, 0.717) is 13.0 Å². The van der Waals surface area contributed by atoms with Gasteiger partial charge in [-0.05, 0) is 32.1 Å². The van der Waals surface area contributed by atoms with Crippen molar-refractivity contribution in [1.82, 2.24) is 16.3 Å². The van der Waals surface area contributed by atoms with Gasteiger partial charge in [0, 0.05) is 19.4 Å². The quantitative estimate of drug-likeness (QED) is 0.144. The van der Waals surface area contributed by atoms with E-state index in [2.05, 4.69) is 21.4 Å². The van der Waals surface area contributed by atoms with E-state index in [1.54, 1.807) is 0 Å². The maximum absolute atomic E-state index is 12.1. The molecule has 0 aromatic carbocycles. The lowest BCUT2D eigenvalue weighted by molar-refractivity contribution is -0.121. The molecule has 210 valence electrons. The Bertz CT molecular complexity index is 725. The number of carbonyl (C=O) groups is 2. The van der Waals surface area contributed by atoms with E-state index in [1.807, 2.05) is 6.92 Å². The van der Waals surface area contributed by atoms with Crippen molar-refractivity contribution in [2.45, 2.75) is 129 Å². The van der Waals surface area contributed by atoms with Gasteiger partial charge in [-0.25, -0.2) is 19.4 Å². The van der Waals surface area contributed by atoms with Crippen molar-refractivity contribution >= 4 is 27.2 Å². The van der Waals surface area contributed by atoms with Crippen LogP contribution < -0.4 is 16.3 Å². The highest BCUT2D eigenvalue weighted by Crippen LogP contribution is 2.14. The minimum absolute atomic E-state index is 0.0913. The zero-order valence-corrected chi connectivity index (χ0v) is 23.6. The van der Waals surface area contributed by atoms with E-state index in [9.17, 15) is 18.0 Å². The number of amides is 1. The lowest BCUT2D eigenvalue weighted by atomic mass is 10.0. The van der Waals surface area contributed by atoms with Crippen molar-refractivity contribution in [1.29, 1.82) is 0 Å². The zero-order valence-electron chi connectivity index (χ0n) is 22.8. The number of hydrogen-bond acceptors (Lipinski definition) is 7. The highest BCUT2D eigenvalue weighted by molar-refractivity contribution is 7.92. The molecule has 0 radical (unpaired) electrons. The van der Waals surface area contributed by atoms with Gasteiger partial charge >= 0.3 is 0 Å². The predicted molar refractivity (Wildman–Crippen MR) is 149 cm³/mol. The summed E-state index contributed by atoms with van der Waals surface area (Å²) < 4.78 is 24.2. The van der Waals surface area contributed by atoms with Gasteiger partial charge in [-0.3, -0.25) is 9.59 Å². The molecule has 0 unspecified atom stereocenters. The second kappa shape index (κ2) is 21.6. The van der Waals surface area contributed by atoms with Gasteiger partial charge in [0.2, 0.25) is 5.91 Å². The number of nitrogens with zero attached hydrogens (tertiary/aromatic N) is 1. The number of hydrazine groups is 1. The number of hydrazone groups is 1. The third kappa shape index (κ3) is 19.7. The Labute approximate surface area is 220 Å². The van der Waals surface area contributed by atoms with Crippen molar-refractivity contribution in [3.8, 4) is 0 Å². The predicted octanol–water partition coefficient (Wildman–Crippen LogP) is 4.98. The van der Waals surface area contributed by atoms with Crippen LogP contribution in [0, 0.1) is 0 Å². The Morgan fingerprint density at radius 1 is 0.806 bits per heavy atom. The summed E-state index contributed by atoms with van der Waals surface area (Å²) in [4.78, 5) is 23.7. The number of sulfone groups is 1. The monoisotopic (exact) mass is 528 g/mol. The fraction of sp³-hybridized carbons (Fsp3) is 0.889. The first-order chi connectivity index (χ1) is 17.4. The van der Waals surface area contributed by atoms with Gasteiger partial charge in [0.15, 0.2) is 9.84 Å². The second-order valence-corrected chi connectivity index (χ2v) is 12.4. The molecule has 1 rings (SSSR count). The van der Waals surface area contributed by atoms with Crippen LogP contribution in [-0.2, 0) is 19.4 Å². The molecule has 1 heterocycles. The normalized spacial score (nSPS) is 13.4. The molecule has 8 nitrogen and oxygen atoms in total. The Kier molecular flexibility index (Phi) is 19.5. The zero-order chi connectivity index (χ0) is 26.3. The van der Waals surface area contributed by atoms with Crippen molar-refractivity contribution < 1.29 is 18.0 Å². The summed E-state index contributed by atoms with van der Waals surface area (Å²) in [6.07, 6.45) is 19.6. The maximum atomic E-state index is 12.1. The molecule has 1 aliphatic heterocycles. The minimum Gasteiger partial charge on any atom is -0.356 e. The molecular weight excluding hydrogens is 476 g/mol. The van der Waals surface area contributed by atoms with Gasteiger partial charge in [-0.2, -0.15) is 5.10 Å². The highest BCUT2D eigenvalue weighted by Gasteiger charge is 2.16. The number of hydrogen-bond donors (Lipinski definition) is 3. The first kappa shape index (κ1) is 32.5. The van der Waals surface area contributed by atoms with Crippen LogP contribution in [0.5, 0.6) is 0 Å². The molecule has 0 bridgehead atoms. The molecule has 1 amide bonds. The van der Waals surface area contributed by atoms with Crippen LogP contribution in [0.25, 0.3) is 0 Å². The smallest absolute Gasteiger partial charge is 0.220 e. The van der Waals surface area contributed by atoms with Crippen LogP contribution in [0.15, 0.2) is 5.10 Å². The summed E-state index contributed by atoms with van der Waals surface area (Å²) in [6, 6.07) is 0. The van der Waals surface area contributed by atoms with Gasteiger partial charge in [0.05, 0.1) is 18.0 Å². The number of rotatable bonds is 25. The van der Waals surface area contributed by atoms with Gasteiger partial charge < -0.3 is 5.32 Å². The van der Waals surface area contributed by atoms with E-state index in [-0.39, 0.29) is 36.0 Å². The number of carbonyl (C=O) groups excluding carboxylic acids is 2. The first-order valence-electron chi connectivity index (χ1n) is 14.4. The maximum Gasteiger partial charge on any atom is 0.220 e. The molecular formula is C27H52N4O4S. The third-order valence-electron chi connectivity index (χ3n) is 6.60. The molecule has 0 atom stereocenters. The van der Waals surface area contributed by atoms with E-state index < -0.39 is 9.84 Å². The summed E-state index contributed by atoms with van der Waals surface area (Å²) in [5.74, 6) is -0.776. The Morgan fingerprint density at radius 3 is 1.94 bits per heavy atom. The number of Topliss-reactive ketones (excluding diaryl/α,β-unsaturated/α-hetero) is 1.